The lowest BCUT2D eigenvalue weighted by molar-refractivity contribution is 0.0277. The highest BCUT2D eigenvalue weighted by molar-refractivity contribution is 6.03. The van der Waals surface area contributed by atoms with Crippen LogP contribution in [0.2, 0.25) is 0 Å². The Kier molecular flexibility index (Phi) is 7.00. The van der Waals surface area contributed by atoms with Crippen LogP contribution in [-0.4, -0.2) is 50.0 Å². The number of benzene rings is 2. The van der Waals surface area contributed by atoms with Crippen LogP contribution in [0.25, 0.3) is 0 Å². The van der Waals surface area contributed by atoms with Crippen molar-refractivity contribution in [1.82, 2.24) is 10.2 Å². The number of likely N-dealkylation sites (N-methyl/N-ethyl adjacent to an activating group) is 1. The lowest BCUT2D eigenvalue weighted by Gasteiger charge is -2.39. The van der Waals surface area contributed by atoms with E-state index < -0.39 is 5.54 Å². The number of carbonyl (C=O) groups excluding carboxylic acids is 1. The third-order valence-corrected chi connectivity index (χ3v) is 5.75. The quantitative estimate of drug-likeness (QED) is 0.706. The van der Waals surface area contributed by atoms with Crippen LogP contribution in [0.3, 0.4) is 0 Å². The van der Waals surface area contributed by atoms with E-state index in [0.717, 1.165) is 43.7 Å². The number of nitrogens with zero attached hydrogens (tertiary/aromatic N) is 1. The SMILES string of the molecule is CCCC(Cc1ccccc1)(C(=O)c1ccc(C2CNCCO2)cc1)N(C)C. The van der Waals surface area contributed by atoms with Crippen molar-refractivity contribution in [2.24, 2.45) is 0 Å². The largest absolute Gasteiger partial charge is 0.371 e. The van der Waals surface area contributed by atoms with Gasteiger partial charge in [-0.15, -0.1) is 0 Å². The zero-order chi connectivity index (χ0) is 20.0. The Bertz CT molecular complexity index is 752. The minimum Gasteiger partial charge on any atom is -0.371 e. The molecule has 0 spiro atoms. The van der Waals surface area contributed by atoms with E-state index >= 15 is 0 Å². The molecule has 0 amide bonds. The molecule has 1 aliphatic rings. The van der Waals surface area contributed by atoms with E-state index in [2.05, 4.69) is 29.3 Å². The zero-order valence-electron chi connectivity index (χ0n) is 17.3. The Hall–Kier alpha value is -2.01. The molecule has 28 heavy (non-hydrogen) atoms. The third kappa shape index (κ3) is 4.52. The molecule has 2 atom stereocenters. The molecule has 4 heteroatoms. The van der Waals surface area contributed by atoms with Gasteiger partial charge in [-0.3, -0.25) is 9.69 Å². The lowest BCUT2D eigenvalue weighted by atomic mass is 9.79. The molecule has 2 unspecified atom stereocenters. The highest BCUT2D eigenvalue weighted by Crippen LogP contribution is 2.30. The number of rotatable bonds is 8. The molecule has 0 aromatic heterocycles. The van der Waals surface area contributed by atoms with Crippen LogP contribution in [0.1, 0.15) is 47.4 Å². The third-order valence-electron chi connectivity index (χ3n) is 5.75. The van der Waals surface area contributed by atoms with Crippen LogP contribution in [0.5, 0.6) is 0 Å². The predicted octanol–water partition coefficient (Wildman–Crippen LogP) is 3.87. The summed E-state index contributed by atoms with van der Waals surface area (Å²) in [4.78, 5) is 15.8. The van der Waals surface area contributed by atoms with E-state index in [1.165, 1.54) is 5.56 Å². The molecule has 1 heterocycles. The molecule has 2 aromatic rings. The van der Waals surface area contributed by atoms with E-state index in [4.69, 9.17) is 4.74 Å². The lowest BCUT2D eigenvalue weighted by Crippen LogP contribution is -2.53. The van der Waals surface area contributed by atoms with Crippen molar-refractivity contribution in [2.75, 3.05) is 33.8 Å². The zero-order valence-corrected chi connectivity index (χ0v) is 17.3. The topological polar surface area (TPSA) is 41.6 Å². The second-order valence-corrected chi connectivity index (χ2v) is 7.85. The van der Waals surface area contributed by atoms with E-state index in [1.54, 1.807) is 0 Å². The molecule has 1 N–H and O–H groups in total. The van der Waals surface area contributed by atoms with Crippen molar-refractivity contribution in [2.45, 2.75) is 37.8 Å². The van der Waals surface area contributed by atoms with Crippen LogP contribution in [0, 0.1) is 0 Å². The smallest absolute Gasteiger partial charge is 0.183 e. The van der Waals surface area contributed by atoms with Gasteiger partial charge in [0.1, 0.15) is 0 Å². The van der Waals surface area contributed by atoms with Gasteiger partial charge in [0, 0.05) is 18.7 Å². The minimum atomic E-state index is -0.541. The van der Waals surface area contributed by atoms with E-state index in [-0.39, 0.29) is 11.9 Å². The number of hydrogen-bond acceptors (Lipinski definition) is 4. The Morgan fingerprint density at radius 3 is 2.43 bits per heavy atom. The van der Waals surface area contributed by atoms with Gasteiger partial charge in [0.15, 0.2) is 5.78 Å². The summed E-state index contributed by atoms with van der Waals surface area (Å²) in [6.07, 6.45) is 2.56. The first-order chi connectivity index (χ1) is 13.6. The molecule has 2 aromatic carbocycles. The predicted molar refractivity (Wildman–Crippen MR) is 114 cm³/mol. The summed E-state index contributed by atoms with van der Waals surface area (Å²) >= 11 is 0. The van der Waals surface area contributed by atoms with Gasteiger partial charge in [0.2, 0.25) is 0 Å². The van der Waals surface area contributed by atoms with Crippen molar-refractivity contribution in [3.8, 4) is 0 Å². The Morgan fingerprint density at radius 1 is 1.14 bits per heavy atom. The molecule has 1 aliphatic heterocycles. The number of morpholine rings is 1. The normalized spacial score (nSPS) is 19.4. The van der Waals surface area contributed by atoms with Crippen LogP contribution in [0.15, 0.2) is 54.6 Å². The first-order valence-corrected chi connectivity index (χ1v) is 10.3. The van der Waals surface area contributed by atoms with E-state index in [0.29, 0.717) is 6.42 Å². The van der Waals surface area contributed by atoms with E-state index in [1.807, 2.05) is 56.6 Å². The average Bonchev–Trinajstić information content (AvgIpc) is 2.74. The summed E-state index contributed by atoms with van der Waals surface area (Å²) in [5.74, 6) is 0.192. The van der Waals surface area contributed by atoms with Gasteiger partial charge in [0.25, 0.3) is 0 Å². The van der Waals surface area contributed by atoms with Gasteiger partial charge in [0.05, 0.1) is 18.2 Å². The summed E-state index contributed by atoms with van der Waals surface area (Å²) in [5, 5.41) is 3.36. The standard InChI is InChI=1S/C24H32N2O2/c1-4-14-24(26(2)3,17-19-8-6-5-7-9-19)23(27)21-12-10-20(11-13-21)22-18-25-15-16-28-22/h5-13,22,25H,4,14-18H2,1-3H3. The van der Waals surface area contributed by atoms with Gasteiger partial charge in [-0.25, -0.2) is 0 Å². The Labute approximate surface area is 168 Å². The molecule has 150 valence electrons. The number of hydrogen-bond donors (Lipinski definition) is 1. The summed E-state index contributed by atoms with van der Waals surface area (Å²) in [6, 6.07) is 18.3. The summed E-state index contributed by atoms with van der Waals surface area (Å²) < 4.78 is 5.83. The first-order valence-electron chi connectivity index (χ1n) is 10.3. The fraction of sp³-hybridized carbons (Fsp3) is 0.458. The van der Waals surface area contributed by atoms with Crippen molar-refractivity contribution < 1.29 is 9.53 Å². The van der Waals surface area contributed by atoms with Crippen molar-refractivity contribution >= 4 is 5.78 Å². The highest BCUT2D eigenvalue weighted by Gasteiger charge is 2.40. The number of ketones is 1. The van der Waals surface area contributed by atoms with Crippen molar-refractivity contribution in [3.63, 3.8) is 0 Å². The van der Waals surface area contributed by atoms with Crippen LogP contribution >= 0.6 is 0 Å². The number of nitrogens with one attached hydrogen (secondary N) is 1. The van der Waals surface area contributed by atoms with Crippen LogP contribution in [-0.2, 0) is 11.2 Å². The fourth-order valence-electron chi connectivity index (χ4n) is 4.11. The maximum Gasteiger partial charge on any atom is 0.183 e. The van der Waals surface area contributed by atoms with Crippen LogP contribution in [0.4, 0.5) is 0 Å². The maximum atomic E-state index is 13.7. The molecular weight excluding hydrogens is 348 g/mol. The fourth-order valence-corrected chi connectivity index (χ4v) is 4.11. The molecule has 0 bridgehead atoms. The monoisotopic (exact) mass is 380 g/mol. The molecule has 0 radical (unpaired) electrons. The first kappa shape index (κ1) is 20.7. The second-order valence-electron chi connectivity index (χ2n) is 7.85. The molecular formula is C24H32N2O2. The number of ether oxygens (including phenoxy) is 1. The number of Topliss-reactive ketones (excluding diaryl/α,β-unsaturated/α-hetero) is 1. The van der Waals surface area contributed by atoms with Gasteiger partial charge < -0.3 is 10.1 Å². The molecule has 3 rings (SSSR count). The highest BCUT2D eigenvalue weighted by atomic mass is 16.5. The van der Waals surface area contributed by atoms with Crippen molar-refractivity contribution in [3.05, 3.63) is 71.3 Å². The maximum absolute atomic E-state index is 13.7. The Morgan fingerprint density at radius 2 is 1.86 bits per heavy atom. The van der Waals surface area contributed by atoms with E-state index in [9.17, 15) is 4.79 Å². The molecule has 0 aliphatic carbocycles. The van der Waals surface area contributed by atoms with Gasteiger partial charge in [-0.2, -0.15) is 0 Å². The van der Waals surface area contributed by atoms with Crippen LogP contribution < -0.4 is 5.32 Å². The summed E-state index contributed by atoms with van der Waals surface area (Å²) in [6.45, 7) is 4.59. The molecule has 1 saturated heterocycles. The molecule has 0 saturated carbocycles. The van der Waals surface area contributed by atoms with Gasteiger partial charge >= 0.3 is 0 Å². The number of carbonyl (C=O) groups is 1. The van der Waals surface area contributed by atoms with Gasteiger partial charge in [-0.1, -0.05) is 67.9 Å². The van der Waals surface area contributed by atoms with Crippen molar-refractivity contribution in [1.29, 1.82) is 0 Å². The van der Waals surface area contributed by atoms with Gasteiger partial charge in [-0.05, 0) is 38.1 Å². The second kappa shape index (κ2) is 9.46. The summed E-state index contributed by atoms with van der Waals surface area (Å²) in [5.41, 5.74) is 2.54. The molecule has 1 fully saturated rings. The minimum absolute atomic E-state index is 0.0662. The molecule has 4 nitrogen and oxygen atoms in total. The Balaban J connectivity index is 1.87. The summed E-state index contributed by atoms with van der Waals surface area (Å²) in [7, 11) is 4.04. The average molecular weight is 381 g/mol.